The Hall–Kier alpha value is -1.56. The molecule has 4 nitrogen and oxygen atoms in total. The molecule has 1 atom stereocenters. The molecule has 6 heteroatoms. The summed E-state index contributed by atoms with van der Waals surface area (Å²) in [6.45, 7) is 0.328. The minimum Gasteiger partial charge on any atom is -0.368 e. The van der Waals surface area contributed by atoms with E-state index in [1.807, 2.05) is 0 Å². The SMILES string of the molecule is O=[N+]([O-])c1cc(F)c([C@@H]2CO2)cc1F. The first kappa shape index (κ1) is 9.01. The van der Waals surface area contributed by atoms with Crippen LogP contribution in [0, 0.1) is 21.7 Å². The molecule has 1 heterocycles. The van der Waals surface area contributed by atoms with Gasteiger partial charge in [-0.25, -0.2) is 4.39 Å². The van der Waals surface area contributed by atoms with Crippen molar-refractivity contribution in [1.82, 2.24) is 0 Å². The number of nitro groups is 1. The molecule has 74 valence electrons. The van der Waals surface area contributed by atoms with E-state index >= 15 is 0 Å². The predicted octanol–water partition coefficient (Wildman–Crippen LogP) is 1.94. The number of benzene rings is 1. The highest BCUT2D eigenvalue weighted by molar-refractivity contribution is 5.37. The molecule has 1 aromatic carbocycles. The van der Waals surface area contributed by atoms with Gasteiger partial charge < -0.3 is 4.74 Å². The van der Waals surface area contributed by atoms with Crippen molar-refractivity contribution in [3.63, 3.8) is 0 Å². The third-order valence-corrected chi connectivity index (χ3v) is 1.94. The molecule has 0 amide bonds. The van der Waals surface area contributed by atoms with Gasteiger partial charge in [-0.2, -0.15) is 4.39 Å². The van der Waals surface area contributed by atoms with Gasteiger partial charge in [-0.15, -0.1) is 0 Å². The van der Waals surface area contributed by atoms with Crippen molar-refractivity contribution < 1.29 is 18.4 Å². The molecule has 2 rings (SSSR count). The fourth-order valence-electron chi connectivity index (χ4n) is 1.17. The van der Waals surface area contributed by atoms with Crippen LogP contribution in [-0.4, -0.2) is 11.5 Å². The van der Waals surface area contributed by atoms with E-state index in [9.17, 15) is 18.9 Å². The number of hydrogen-bond acceptors (Lipinski definition) is 3. The maximum absolute atomic E-state index is 13.1. The third kappa shape index (κ3) is 1.44. The van der Waals surface area contributed by atoms with Crippen molar-refractivity contribution in [2.24, 2.45) is 0 Å². The highest BCUT2D eigenvalue weighted by Crippen LogP contribution is 2.34. The van der Waals surface area contributed by atoms with Crippen molar-refractivity contribution in [3.05, 3.63) is 39.4 Å². The molecular formula is C8H5F2NO3. The molecule has 1 aliphatic rings. The van der Waals surface area contributed by atoms with Gasteiger partial charge in [-0.05, 0) is 6.07 Å². The monoisotopic (exact) mass is 201 g/mol. The maximum atomic E-state index is 13.1. The average Bonchev–Trinajstić information content (AvgIpc) is 2.91. The first-order valence-electron chi connectivity index (χ1n) is 3.84. The van der Waals surface area contributed by atoms with Crippen LogP contribution in [0.1, 0.15) is 11.7 Å². The number of nitrogens with zero attached hydrogens (tertiary/aromatic N) is 1. The van der Waals surface area contributed by atoms with Gasteiger partial charge in [-0.1, -0.05) is 0 Å². The molecule has 0 N–H and O–H groups in total. The summed E-state index contributed by atoms with van der Waals surface area (Å²) in [4.78, 5) is 9.28. The first-order valence-corrected chi connectivity index (χ1v) is 3.84. The molecule has 0 bridgehead atoms. The van der Waals surface area contributed by atoms with Crippen LogP contribution in [0.4, 0.5) is 14.5 Å². The number of rotatable bonds is 2. The van der Waals surface area contributed by atoms with E-state index in [0.29, 0.717) is 12.7 Å². The molecule has 1 aromatic rings. The summed E-state index contributed by atoms with van der Waals surface area (Å²) in [7, 11) is 0. The zero-order valence-electron chi connectivity index (χ0n) is 6.87. The van der Waals surface area contributed by atoms with Crippen LogP contribution >= 0.6 is 0 Å². The lowest BCUT2D eigenvalue weighted by Gasteiger charge is -1.99. The number of nitro benzene ring substituents is 1. The Morgan fingerprint density at radius 3 is 2.57 bits per heavy atom. The summed E-state index contributed by atoms with van der Waals surface area (Å²) < 4.78 is 30.9. The van der Waals surface area contributed by atoms with Crippen LogP contribution in [-0.2, 0) is 4.74 Å². The van der Waals surface area contributed by atoms with E-state index < -0.39 is 28.3 Å². The smallest absolute Gasteiger partial charge is 0.307 e. The van der Waals surface area contributed by atoms with E-state index in [-0.39, 0.29) is 5.56 Å². The second kappa shape index (κ2) is 2.98. The zero-order chi connectivity index (χ0) is 10.3. The number of epoxide rings is 1. The van der Waals surface area contributed by atoms with Crippen molar-refractivity contribution in [2.75, 3.05) is 6.61 Å². The topological polar surface area (TPSA) is 55.7 Å². The zero-order valence-corrected chi connectivity index (χ0v) is 6.87. The standard InChI is InChI=1S/C8H5F2NO3/c9-5-2-7(11(12)13)6(10)1-4(5)8-3-14-8/h1-2,8H,3H2/t8-/m0/s1. The second-order valence-electron chi connectivity index (χ2n) is 2.90. The first-order chi connectivity index (χ1) is 6.59. The van der Waals surface area contributed by atoms with Gasteiger partial charge in [0.2, 0.25) is 5.82 Å². The van der Waals surface area contributed by atoms with Gasteiger partial charge in [0.25, 0.3) is 0 Å². The number of ether oxygens (including phenoxy) is 1. The molecule has 14 heavy (non-hydrogen) atoms. The van der Waals surface area contributed by atoms with E-state index in [1.165, 1.54) is 0 Å². The van der Waals surface area contributed by atoms with Gasteiger partial charge in [0.05, 0.1) is 17.6 Å². The third-order valence-electron chi connectivity index (χ3n) is 1.94. The lowest BCUT2D eigenvalue weighted by molar-refractivity contribution is -0.387. The molecular weight excluding hydrogens is 196 g/mol. The van der Waals surface area contributed by atoms with E-state index in [2.05, 4.69) is 0 Å². The Bertz CT molecular complexity index is 404. The Labute approximate surface area is 77.3 Å². The van der Waals surface area contributed by atoms with Crippen molar-refractivity contribution in [1.29, 1.82) is 0 Å². The molecule has 1 aliphatic heterocycles. The predicted molar refractivity (Wildman–Crippen MR) is 41.7 cm³/mol. The molecule has 0 unspecified atom stereocenters. The second-order valence-corrected chi connectivity index (χ2v) is 2.90. The minimum absolute atomic E-state index is 0.0353. The maximum Gasteiger partial charge on any atom is 0.307 e. The van der Waals surface area contributed by atoms with Crippen LogP contribution < -0.4 is 0 Å². The van der Waals surface area contributed by atoms with Crippen molar-refractivity contribution in [2.45, 2.75) is 6.10 Å². The van der Waals surface area contributed by atoms with Crippen LogP contribution in [0.25, 0.3) is 0 Å². The van der Waals surface area contributed by atoms with Gasteiger partial charge in [0, 0.05) is 5.56 Å². The summed E-state index contributed by atoms with van der Waals surface area (Å²) >= 11 is 0. The lowest BCUT2D eigenvalue weighted by atomic mass is 10.1. The summed E-state index contributed by atoms with van der Waals surface area (Å²) in [5, 5.41) is 10.2. The quantitative estimate of drug-likeness (QED) is 0.417. The summed E-state index contributed by atoms with van der Waals surface area (Å²) in [6, 6.07) is 1.39. The van der Waals surface area contributed by atoms with E-state index in [4.69, 9.17) is 4.74 Å². The fraction of sp³-hybridized carbons (Fsp3) is 0.250. The molecule has 0 aliphatic carbocycles. The molecule has 0 radical (unpaired) electrons. The normalized spacial score (nSPS) is 19.4. The van der Waals surface area contributed by atoms with Gasteiger partial charge >= 0.3 is 5.69 Å². The minimum atomic E-state index is -1.04. The molecule has 0 spiro atoms. The lowest BCUT2D eigenvalue weighted by Crippen LogP contribution is -1.97. The summed E-state index contributed by atoms with van der Waals surface area (Å²) in [6.07, 6.45) is -0.453. The van der Waals surface area contributed by atoms with Crippen LogP contribution in [0.15, 0.2) is 12.1 Å². The van der Waals surface area contributed by atoms with Gasteiger partial charge in [-0.3, -0.25) is 10.1 Å². The van der Waals surface area contributed by atoms with Crippen LogP contribution in [0.3, 0.4) is 0 Å². The van der Waals surface area contributed by atoms with E-state index in [0.717, 1.165) is 6.07 Å². The Morgan fingerprint density at radius 2 is 2.07 bits per heavy atom. The fourth-order valence-corrected chi connectivity index (χ4v) is 1.17. The van der Waals surface area contributed by atoms with Crippen LogP contribution in [0.5, 0.6) is 0 Å². The number of hydrogen-bond donors (Lipinski definition) is 0. The molecule has 1 fully saturated rings. The molecule has 1 saturated heterocycles. The Balaban J connectivity index is 2.48. The highest BCUT2D eigenvalue weighted by Gasteiger charge is 2.30. The molecule has 0 aromatic heterocycles. The summed E-state index contributed by atoms with van der Waals surface area (Å²) in [5.74, 6) is -1.84. The van der Waals surface area contributed by atoms with Crippen molar-refractivity contribution >= 4 is 5.69 Å². The van der Waals surface area contributed by atoms with Gasteiger partial charge in [0.1, 0.15) is 11.9 Å². The summed E-state index contributed by atoms with van der Waals surface area (Å²) in [5.41, 5.74) is -0.819. The van der Waals surface area contributed by atoms with Crippen molar-refractivity contribution in [3.8, 4) is 0 Å². The van der Waals surface area contributed by atoms with Gasteiger partial charge in [0.15, 0.2) is 0 Å². The highest BCUT2D eigenvalue weighted by atomic mass is 19.1. The van der Waals surface area contributed by atoms with E-state index in [1.54, 1.807) is 0 Å². The molecule has 0 saturated carbocycles. The number of halogens is 2. The Kier molecular flexibility index (Phi) is 1.92. The van der Waals surface area contributed by atoms with Crippen LogP contribution in [0.2, 0.25) is 0 Å². The average molecular weight is 201 g/mol. The Morgan fingerprint density at radius 1 is 1.43 bits per heavy atom. The largest absolute Gasteiger partial charge is 0.368 e.